The van der Waals surface area contributed by atoms with Crippen molar-refractivity contribution in [3.8, 4) is 39.5 Å². The maximum Gasteiger partial charge on any atom is 0.290 e. The van der Waals surface area contributed by atoms with Gasteiger partial charge >= 0.3 is 0 Å². The van der Waals surface area contributed by atoms with Gasteiger partial charge in [0.05, 0.1) is 5.69 Å². The number of aromatic nitrogens is 5. The predicted octanol–water partition coefficient (Wildman–Crippen LogP) is 2.73. The van der Waals surface area contributed by atoms with Crippen molar-refractivity contribution in [2.45, 2.75) is 0 Å². The van der Waals surface area contributed by atoms with E-state index in [-0.39, 0.29) is 5.82 Å². The minimum absolute atomic E-state index is 0.379. The van der Waals surface area contributed by atoms with E-state index in [0.717, 1.165) is 5.56 Å². The summed E-state index contributed by atoms with van der Waals surface area (Å²) in [7, 11) is 0. The Balaban J connectivity index is 1.91. The molecule has 2 aromatic carbocycles. The molecule has 0 fully saturated rings. The highest BCUT2D eigenvalue weighted by molar-refractivity contribution is 5.83. The van der Waals surface area contributed by atoms with Crippen LogP contribution in [0, 0.1) is 5.82 Å². The van der Waals surface area contributed by atoms with Crippen molar-refractivity contribution in [3.05, 3.63) is 70.8 Å². The summed E-state index contributed by atoms with van der Waals surface area (Å²) in [6.07, 6.45) is 0. The minimum Gasteiger partial charge on any atom is -0.503 e. The van der Waals surface area contributed by atoms with Gasteiger partial charge in [-0.05, 0) is 52.7 Å². The summed E-state index contributed by atoms with van der Waals surface area (Å²) in [4.78, 5) is 14.6. The Morgan fingerprint density at radius 1 is 0.962 bits per heavy atom. The Hall–Kier alpha value is -3.81. The van der Waals surface area contributed by atoms with Gasteiger partial charge < -0.3 is 10.1 Å². The van der Waals surface area contributed by atoms with Gasteiger partial charge in [-0.2, -0.15) is 5.21 Å². The van der Waals surface area contributed by atoms with Crippen LogP contribution in [0.2, 0.25) is 0 Å². The van der Waals surface area contributed by atoms with E-state index in [0.29, 0.717) is 28.2 Å². The molecule has 4 aromatic rings. The normalized spacial score (nSPS) is 10.8. The molecule has 0 amide bonds. The lowest BCUT2D eigenvalue weighted by Gasteiger charge is -2.11. The second-order valence-electron chi connectivity index (χ2n) is 5.60. The Morgan fingerprint density at radius 3 is 2.46 bits per heavy atom. The van der Waals surface area contributed by atoms with Crippen LogP contribution >= 0.6 is 0 Å². The first-order valence-corrected chi connectivity index (χ1v) is 7.68. The van der Waals surface area contributed by atoms with E-state index in [1.807, 2.05) is 18.2 Å². The number of hydrogen-bond donors (Lipinski definition) is 3. The van der Waals surface area contributed by atoms with Crippen molar-refractivity contribution in [1.29, 1.82) is 0 Å². The fourth-order valence-electron chi connectivity index (χ4n) is 2.70. The summed E-state index contributed by atoms with van der Waals surface area (Å²) in [5, 5.41) is 23.7. The Labute approximate surface area is 146 Å². The Kier molecular flexibility index (Phi) is 3.77. The zero-order valence-corrected chi connectivity index (χ0v) is 13.3. The molecule has 0 unspecified atom stereocenters. The second-order valence-corrected chi connectivity index (χ2v) is 5.60. The van der Waals surface area contributed by atoms with Gasteiger partial charge in [-0.15, -0.1) is 10.2 Å². The number of tetrazole rings is 1. The van der Waals surface area contributed by atoms with Crippen LogP contribution in [-0.2, 0) is 0 Å². The van der Waals surface area contributed by atoms with Crippen molar-refractivity contribution in [2.24, 2.45) is 0 Å². The molecule has 0 aliphatic rings. The molecule has 8 heteroatoms. The van der Waals surface area contributed by atoms with Gasteiger partial charge in [-0.25, -0.2) is 4.39 Å². The van der Waals surface area contributed by atoms with Crippen LogP contribution in [0.5, 0.6) is 5.75 Å². The standard InChI is InChI=1S/C18H12FN5O2/c19-13-6-4-10(5-7-13)16-14(9-15(25)18(26)20-16)11-2-1-3-12(8-11)17-21-23-24-22-17/h1-9,25H,(H,20,26)(H,21,22,23,24). The van der Waals surface area contributed by atoms with Crippen LogP contribution in [0.1, 0.15) is 0 Å². The average Bonchev–Trinajstić information content (AvgIpc) is 3.19. The molecule has 0 bridgehead atoms. The van der Waals surface area contributed by atoms with E-state index in [2.05, 4.69) is 25.6 Å². The molecule has 7 nitrogen and oxygen atoms in total. The average molecular weight is 349 g/mol. The van der Waals surface area contributed by atoms with Gasteiger partial charge in [0.25, 0.3) is 5.56 Å². The zero-order chi connectivity index (χ0) is 18.1. The highest BCUT2D eigenvalue weighted by Gasteiger charge is 2.13. The molecule has 3 N–H and O–H groups in total. The fraction of sp³-hybridized carbons (Fsp3) is 0. The van der Waals surface area contributed by atoms with Crippen LogP contribution in [-0.4, -0.2) is 30.7 Å². The lowest BCUT2D eigenvalue weighted by molar-refractivity contribution is 0.467. The highest BCUT2D eigenvalue weighted by Crippen LogP contribution is 2.33. The van der Waals surface area contributed by atoms with Crippen LogP contribution in [0.15, 0.2) is 59.4 Å². The van der Waals surface area contributed by atoms with Gasteiger partial charge in [0.1, 0.15) is 5.82 Å². The maximum atomic E-state index is 13.2. The van der Waals surface area contributed by atoms with E-state index < -0.39 is 11.3 Å². The maximum absolute atomic E-state index is 13.2. The van der Waals surface area contributed by atoms with Gasteiger partial charge in [0, 0.05) is 11.1 Å². The van der Waals surface area contributed by atoms with Gasteiger partial charge in [-0.1, -0.05) is 18.2 Å². The molecule has 0 aliphatic heterocycles. The quantitative estimate of drug-likeness (QED) is 0.527. The van der Waals surface area contributed by atoms with Crippen molar-refractivity contribution in [1.82, 2.24) is 25.6 Å². The SMILES string of the molecule is O=c1[nH]c(-c2ccc(F)cc2)c(-c2cccc(-c3nn[nH]n3)c2)cc1O. The highest BCUT2D eigenvalue weighted by atomic mass is 19.1. The monoisotopic (exact) mass is 349 g/mol. The topological polar surface area (TPSA) is 108 Å². The zero-order valence-electron chi connectivity index (χ0n) is 13.3. The lowest BCUT2D eigenvalue weighted by Crippen LogP contribution is -2.07. The first-order chi connectivity index (χ1) is 12.6. The third kappa shape index (κ3) is 2.84. The molecule has 2 heterocycles. The molecular weight excluding hydrogens is 337 g/mol. The summed E-state index contributed by atoms with van der Waals surface area (Å²) >= 11 is 0. The number of nitrogens with one attached hydrogen (secondary N) is 2. The smallest absolute Gasteiger partial charge is 0.290 e. The molecule has 2 aromatic heterocycles. The molecule has 0 spiro atoms. The molecule has 0 radical (unpaired) electrons. The van der Waals surface area contributed by atoms with Gasteiger partial charge in [0.2, 0.25) is 5.82 Å². The minimum atomic E-state index is -0.623. The third-order valence-electron chi connectivity index (χ3n) is 3.93. The number of nitrogens with zero attached hydrogens (tertiary/aromatic N) is 3. The number of aromatic hydroxyl groups is 1. The Bertz CT molecular complexity index is 1120. The first kappa shape index (κ1) is 15.7. The summed E-state index contributed by atoms with van der Waals surface area (Å²) in [6.45, 7) is 0. The van der Waals surface area contributed by atoms with Crippen molar-refractivity contribution in [3.63, 3.8) is 0 Å². The molecule has 0 saturated heterocycles. The number of hydrogen-bond acceptors (Lipinski definition) is 5. The van der Waals surface area contributed by atoms with Crippen molar-refractivity contribution >= 4 is 0 Å². The summed E-state index contributed by atoms with van der Waals surface area (Å²) in [5.74, 6) is -0.366. The van der Waals surface area contributed by atoms with Gasteiger partial charge in [-0.3, -0.25) is 4.79 Å². The van der Waals surface area contributed by atoms with Crippen LogP contribution in [0.4, 0.5) is 4.39 Å². The van der Waals surface area contributed by atoms with E-state index in [1.165, 1.54) is 18.2 Å². The number of halogens is 1. The molecule has 4 rings (SSSR count). The number of benzene rings is 2. The number of H-pyrrole nitrogens is 2. The van der Waals surface area contributed by atoms with Gasteiger partial charge in [0.15, 0.2) is 5.75 Å². The van der Waals surface area contributed by atoms with E-state index in [9.17, 15) is 14.3 Å². The van der Waals surface area contributed by atoms with E-state index in [1.54, 1.807) is 18.2 Å². The molecule has 128 valence electrons. The molecular formula is C18H12FN5O2. The molecule has 0 atom stereocenters. The van der Waals surface area contributed by atoms with Crippen LogP contribution < -0.4 is 5.56 Å². The molecule has 0 aliphatic carbocycles. The summed E-state index contributed by atoms with van der Waals surface area (Å²) < 4.78 is 13.2. The summed E-state index contributed by atoms with van der Waals surface area (Å²) in [5.41, 5.74) is 2.48. The van der Waals surface area contributed by atoms with Crippen LogP contribution in [0.25, 0.3) is 33.8 Å². The van der Waals surface area contributed by atoms with Crippen LogP contribution in [0.3, 0.4) is 0 Å². The van der Waals surface area contributed by atoms with Crippen molar-refractivity contribution < 1.29 is 9.50 Å². The Morgan fingerprint density at radius 2 is 1.73 bits per heavy atom. The number of pyridine rings is 1. The van der Waals surface area contributed by atoms with Crippen molar-refractivity contribution in [2.75, 3.05) is 0 Å². The number of aromatic amines is 2. The molecule has 0 saturated carbocycles. The predicted molar refractivity (Wildman–Crippen MR) is 92.7 cm³/mol. The fourth-order valence-corrected chi connectivity index (χ4v) is 2.70. The lowest BCUT2D eigenvalue weighted by atomic mass is 9.97. The third-order valence-corrected chi connectivity index (χ3v) is 3.93. The first-order valence-electron chi connectivity index (χ1n) is 7.68. The summed E-state index contributed by atoms with van der Waals surface area (Å²) in [6, 6.07) is 14.4. The second kappa shape index (κ2) is 6.25. The van der Waals surface area contributed by atoms with E-state index in [4.69, 9.17) is 0 Å². The largest absolute Gasteiger partial charge is 0.503 e. The molecule has 26 heavy (non-hydrogen) atoms. The number of rotatable bonds is 3. The van der Waals surface area contributed by atoms with E-state index >= 15 is 0 Å².